The molecule has 4 aromatic rings. The number of methoxy groups -OCH3 is 1. The Bertz CT molecular complexity index is 1620. The van der Waals surface area contributed by atoms with Gasteiger partial charge in [-0.05, 0) is 53.4 Å². The molecule has 0 radical (unpaired) electrons. The molecule has 1 heterocycles. The third kappa shape index (κ3) is 5.97. The molecule has 1 saturated heterocycles. The first-order valence-corrected chi connectivity index (χ1v) is 14.4. The smallest absolute Gasteiger partial charge is 0.250 e. The molecule has 0 saturated carbocycles. The summed E-state index contributed by atoms with van der Waals surface area (Å²) in [6, 6.07) is 26.0. The average Bonchev–Trinajstić information content (AvgIpc) is 3.11. The quantitative estimate of drug-likeness (QED) is 0.303. The molecular weight excluding hydrogens is 550 g/mol. The summed E-state index contributed by atoms with van der Waals surface area (Å²) in [6.45, 7) is 2.20. The number of benzene rings is 4. The maximum Gasteiger partial charge on any atom is 0.250 e. The maximum atomic E-state index is 14.5. The minimum absolute atomic E-state index is 0.0496. The molecule has 1 aliphatic rings. The van der Waals surface area contributed by atoms with Crippen LogP contribution in [0.2, 0.25) is 5.02 Å². The third-order valence-electron chi connectivity index (χ3n) is 8.04. The van der Waals surface area contributed by atoms with Gasteiger partial charge >= 0.3 is 0 Å². The van der Waals surface area contributed by atoms with Crippen LogP contribution in [-0.4, -0.2) is 53.3 Å². The minimum Gasteiger partial charge on any atom is -0.496 e. The number of nitrogens with zero attached hydrogens (tertiary/aromatic N) is 2. The zero-order chi connectivity index (χ0) is 29.8. The van der Waals surface area contributed by atoms with Gasteiger partial charge in [-0.25, -0.2) is 0 Å². The normalized spacial score (nSPS) is 18.0. The van der Waals surface area contributed by atoms with Crippen molar-refractivity contribution in [3.63, 3.8) is 0 Å². The summed E-state index contributed by atoms with van der Waals surface area (Å²) in [7, 11) is 1.56. The first kappa shape index (κ1) is 29.1. The topological polar surface area (TPSA) is 92.9 Å². The number of nitrogens with two attached hydrogens (primary N) is 1. The molecule has 4 aromatic carbocycles. The van der Waals surface area contributed by atoms with Gasteiger partial charge in [0, 0.05) is 29.6 Å². The lowest BCUT2D eigenvalue weighted by atomic mass is 9.96. The number of amides is 3. The van der Waals surface area contributed by atoms with Crippen LogP contribution in [0.25, 0.3) is 10.8 Å². The van der Waals surface area contributed by atoms with Crippen LogP contribution < -0.4 is 10.5 Å². The Kier molecular flexibility index (Phi) is 8.78. The van der Waals surface area contributed by atoms with E-state index >= 15 is 0 Å². The van der Waals surface area contributed by atoms with E-state index in [1.807, 2.05) is 67.6 Å². The Morgan fingerprint density at radius 3 is 2.43 bits per heavy atom. The highest BCUT2D eigenvalue weighted by Gasteiger charge is 2.43. The summed E-state index contributed by atoms with van der Waals surface area (Å²) in [4.78, 5) is 44.8. The molecule has 5 rings (SSSR count). The molecule has 1 aliphatic heterocycles. The Labute approximate surface area is 250 Å². The Morgan fingerprint density at radius 2 is 1.67 bits per heavy atom. The Hall–Kier alpha value is -4.36. The van der Waals surface area contributed by atoms with Crippen molar-refractivity contribution in [3.8, 4) is 5.75 Å². The van der Waals surface area contributed by atoms with Crippen LogP contribution in [-0.2, 0) is 27.2 Å². The molecule has 1 unspecified atom stereocenters. The lowest BCUT2D eigenvalue weighted by molar-refractivity contribution is -0.148. The van der Waals surface area contributed by atoms with E-state index in [-0.39, 0.29) is 37.2 Å². The summed E-state index contributed by atoms with van der Waals surface area (Å²) >= 11 is 6.38. The van der Waals surface area contributed by atoms with Gasteiger partial charge in [-0.1, -0.05) is 84.4 Å². The number of primary amides is 1. The summed E-state index contributed by atoms with van der Waals surface area (Å²) in [5.74, 6) is -0.581. The molecule has 0 bridgehead atoms. The first-order valence-electron chi connectivity index (χ1n) is 14.0. The number of halogens is 1. The van der Waals surface area contributed by atoms with Crippen molar-refractivity contribution in [2.24, 2.45) is 5.73 Å². The largest absolute Gasteiger partial charge is 0.496 e. The Morgan fingerprint density at radius 1 is 0.976 bits per heavy atom. The zero-order valence-electron chi connectivity index (χ0n) is 23.7. The van der Waals surface area contributed by atoms with Crippen LogP contribution in [0.4, 0.5) is 0 Å². The van der Waals surface area contributed by atoms with Crippen LogP contribution in [0.15, 0.2) is 91.0 Å². The summed E-state index contributed by atoms with van der Waals surface area (Å²) in [5.41, 5.74) is 8.22. The monoisotopic (exact) mass is 583 g/mol. The van der Waals surface area contributed by atoms with Crippen molar-refractivity contribution in [1.29, 1.82) is 0 Å². The van der Waals surface area contributed by atoms with Crippen LogP contribution in [0.5, 0.6) is 5.75 Å². The maximum absolute atomic E-state index is 14.5. The van der Waals surface area contributed by atoms with Gasteiger partial charge in [0.25, 0.3) is 5.91 Å². The van der Waals surface area contributed by atoms with Gasteiger partial charge in [0.1, 0.15) is 17.8 Å². The molecule has 3 amide bonds. The van der Waals surface area contributed by atoms with E-state index in [1.54, 1.807) is 47.2 Å². The molecular formula is C34H34ClN3O4. The summed E-state index contributed by atoms with van der Waals surface area (Å²) < 4.78 is 5.48. The van der Waals surface area contributed by atoms with E-state index in [2.05, 4.69) is 0 Å². The lowest BCUT2D eigenvalue weighted by Gasteiger charge is -2.36. The van der Waals surface area contributed by atoms with Crippen molar-refractivity contribution in [2.45, 2.75) is 44.3 Å². The van der Waals surface area contributed by atoms with Gasteiger partial charge in [0.15, 0.2) is 0 Å². The molecule has 42 heavy (non-hydrogen) atoms. The van der Waals surface area contributed by atoms with Crippen molar-refractivity contribution in [3.05, 3.63) is 113 Å². The number of rotatable bonds is 8. The van der Waals surface area contributed by atoms with Crippen LogP contribution in [0, 0.1) is 0 Å². The standard InChI is InChI=1S/C34H34ClN3O4/c1-22-17-18-37(29(33(36)40)20-24-12-7-11-23-9-3-5-15-28(23)24)34(41)32(26-13-8-14-27(35)19-26)38(22)31(39)21-25-10-4-6-16-30(25)42-2/h3-16,19,22,29,32H,17-18,20-21H2,1-2H3,(H2,36,40)/t22-,29?,32+/m1/s1. The van der Waals surface area contributed by atoms with Crippen molar-refractivity contribution < 1.29 is 19.1 Å². The molecule has 0 spiro atoms. The minimum atomic E-state index is -0.988. The molecule has 216 valence electrons. The highest BCUT2D eigenvalue weighted by Crippen LogP contribution is 2.34. The van der Waals surface area contributed by atoms with Crippen LogP contribution in [0.1, 0.15) is 36.1 Å². The predicted octanol–water partition coefficient (Wildman–Crippen LogP) is 5.33. The molecule has 1 fully saturated rings. The third-order valence-corrected chi connectivity index (χ3v) is 8.28. The summed E-state index contributed by atoms with van der Waals surface area (Å²) in [5, 5.41) is 2.49. The highest BCUT2D eigenvalue weighted by atomic mass is 35.5. The van der Waals surface area contributed by atoms with Gasteiger partial charge in [-0.2, -0.15) is 0 Å². The van der Waals surface area contributed by atoms with Crippen molar-refractivity contribution in [2.75, 3.05) is 13.7 Å². The van der Waals surface area contributed by atoms with E-state index in [4.69, 9.17) is 22.1 Å². The van der Waals surface area contributed by atoms with E-state index in [1.165, 1.54) is 0 Å². The molecule has 8 heteroatoms. The molecule has 0 aromatic heterocycles. The van der Waals surface area contributed by atoms with Crippen molar-refractivity contribution >= 4 is 40.1 Å². The molecule has 2 N–H and O–H groups in total. The van der Waals surface area contributed by atoms with Gasteiger partial charge in [0.05, 0.1) is 13.5 Å². The predicted molar refractivity (Wildman–Crippen MR) is 164 cm³/mol. The fraction of sp³-hybridized carbons (Fsp3) is 0.265. The fourth-order valence-corrected chi connectivity index (χ4v) is 6.13. The van der Waals surface area contributed by atoms with Crippen molar-refractivity contribution in [1.82, 2.24) is 9.80 Å². The van der Waals surface area contributed by atoms with Crippen LogP contribution >= 0.6 is 11.6 Å². The number of carbonyl (C=O) groups excluding carboxylic acids is 3. The van der Waals surface area contributed by atoms with E-state index in [0.29, 0.717) is 22.8 Å². The van der Waals surface area contributed by atoms with Gasteiger partial charge < -0.3 is 20.3 Å². The van der Waals surface area contributed by atoms with E-state index < -0.39 is 18.0 Å². The second-order valence-corrected chi connectivity index (χ2v) is 11.1. The number of hydrogen-bond acceptors (Lipinski definition) is 4. The first-order chi connectivity index (χ1) is 20.3. The number of carbonyl (C=O) groups is 3. The highest BCUT2D eigenvalue weighted by molar-refractivity contribution is 6.30. The molecule has 7 nitrogen and oxygen atoms in total. The number of hydrogen-bond donors (Lipinski definition) is 1. The van der Waals surface area contributed by atoms with Crippen LogP contribution in [0.3, 0.4) is 0 Å². The average molecular weight is 584 g/mol. The number of fused-ring (bicyclic) bond motifs is 1. The van der Waals surface area contributed by atoms with Gasteiger partial charge in [0.2, 0.25) is 11.8 Å². The SMILES string of the molecule is COc1ccccc1CC(=O)N1[C@H](C)CCN(C(Cc2cccc3ccccc23)C(N)=O)C(=O)[C@@H]1c1cccc(Cl)c1. The van der Waals surface area contributed by atoms with E-state index in [9.17, 15) is 14.4 Å². The zero-order valence-corrected chi connectivity index (χ0v) is 24.5. The second-order valence-electron chi connectivity index (χ2n) is 10.7. The van der Waals surface area contributed by atoms with E-state index in [0.717, 1.165) is 21.9 Å². The molecule has 3 atom stereocenters. The Balaban J connectivity index is 1.55. The van der Waals surface area contributed by atoms with Gasteiger partial charge in [-0.3, -0.25) is 14.4 Å². The summed E-state index contributed by atoms with van der Waals surface area (Å²) in [6.07, 6.45) is 0.780. The number of ether oxygens (including phenoxy) is 1. The lowest BCUT2D eigenvalue weighted by Crippen LogP contribution is -2.52. The second kappa shape index (κ2) is 12.7. The fourth-order valence-electron chi connectivity index (χ4n) is 5.93. The number of para-hydroxylation sites is 1. The molecule has 0 aliphatic carbocycles. The van der Waals surface area contributed by atoms with Gasteiger partial charge in [-0.15, -0.1) is 0 Å².